The number of amides is 1. The van der Waals surface area contributed by atoms with Gasteiger partial charge in [-0.1, -0.05) is 12.1 Å². The highest BCUT2D eigenvalue weighted by Gasteiger charge is 2.23. The van der Waals surface area contributed by atoms with Gasteiger partial charge in [0.05, 0.1) is 7.11 Å². The molecule has 21 heavy (non-hydrogen) atoms. The molecule has 5 heteroatoms. The molecular formula is C16H15NO4. The van der Waals surface area contributed by atoms with Gasteiger partial charge >= 0.3 is 0 Å². The molecule has 1 aliphatic rings. The van der Waals surface area contributed by atoms with Crippen molar-refractivity contribution in [3.63, 3.8) is 0 Å². The number of carbonyl (C=O) groups is 1. The number of hydrogen-bond acceptors (Lipinski definition) is 4. The summed E-state index contributed by atoms with van der Waals surface area (Å²) in [5.74, 6) is 1.45. The highest BCUT2D eigenvalue weighted by atomic mass is 16.6. The van der Waals surface area contributed by atoms with Crippen LogP contribution >= 0.6 is 0 Å². The normalized spacial score (nSPS) is 16.3. The van der Waals surface area contributed by atoms with Crippen molar-refractivity contribution in [2.75, 3.05) is 13.7 Å². The molecule has 1 atom stereocenters. The minimum absolute atomic E-state index is 0.192. The molecule has 2 N–H and O–H groups in total. The van der Waals surface area contributed by atoms with E-state index in [0.717, 1.165) is 11.3 Å². The van der Waals surface area contributed by atoms with E-state index in [0.29, 0.717) is 23.7 Å². The van der Waals surface area contributed by atoms with Crippen molar-refractivity contribution in [1.82, 2.24) is 0 Å². The van der Waals surface area contributed by atoms with E-state index in [1.165, 1.54) is 0 Å². The molecule has 108 valence electrons. The van der Waals surface area contributed by atoms with Crippen molar-refractivity contribution in [3.8, 4) is 17.2 Å². The summed E-state index contributed by atoms with van der Waals surface area (Å²) in [5.41, 5.74) is 6.65. The zero-order valence-electron chi connectivity index (χ0n) is 11.5. The molecule has 0 saturated heterocycles. The summed E-state index contributed by atoms with van der Waals surface area (Å²) < 4.78 is 16.7. The SMILES string of the molecule is COc1ccc(C2COc3cc(C(N)=O)ccc3O2)cc1. The number of rotatable bonds is 3. The van der Waals surface area contributed by atoms with Gasteiger partial charge in [-0.15, -0.1) is 0 Å². The highest BCUT2D eigenvalue weighted by Crippen LogP contribution is 2.37. The molecule has 0 saturated carbocycles. The number of fused-ring (bicyclic) bond motifs is 1. The molecule has 3 rings (SSSR count). The van der Waals surface area contributed by atoms with Crippen LogP contribution in [-0.2, 0) is 0 Å². The van der Waals surface area contributed by atoms with Crippen LogP contribution in [0.3, 0.4) is 0 Å². The predicted octanol–water partition coefficient (Wildman–Crippen LogP) is 2.31. The monoisotopic (exact) mass is 285 g/mol. The lowest BCUT2D eigenvalue weighted by Crippen LogP contribution is -2.22. The summed E-state index contributed by atoms with van der Waals surface area (Å²) in [7, 11) is 1.63. The molecule has 0 radical (unpaired) electrons. The third-order valence-corrected chi connectivity index (χ3v) is 3.38. The van der Waals surface area contributed by atoms with Gasteiger partial charge in [0.15, 0.2) is 17.6 Å². The smallest absolute Gasteiger partial charge is 0.248 e. The molecule has 0 bridgehead atoms. The second-order valence-electron chi connectivity index (χ2n) is 4.72. The Hall–Kier alpha value is -2.69. The third-order valence-electron chi connectivity index (χ3n) is 3.38. The van der Waals surface area contributed by atoms with Crippen molar-refractivity contribution in [1.29, 1.82) is 0 Å². The third kappa shape index (κ3) is 2.63. The van der Waals surface area contributed by atoms with Crippen LogP contribution in [0.1, 0.15) is 22.0 Å². The van der Waals surface area contributed by atoms with Gasteiger partial charge in [-0.3, -0.25) is 4.79 Å². The van der Waals surface area contributed by atoms with Crippen molar-refractivity contribution >= 4 is 5.91 Å². The minimum Gasteiger partial charge on any atom is -0.497 e. The largest absolute Gasteiger partial charge is 0.497 e. The predicted molar refractivity (Wildman–Crippen MR) is 76.8 cm³/mol. The lowest BCUT2D eigenvalue weighted by atomic mass is 10.1. The van der Waals surface area contributed by atoms with Crippen LogP contribution in [0.15, 0.2) is 42.5 Å². The van der Waals surface area contributed by atoms with Crippen LogP contribution < -0.4 is 19.9 Å². The zero-order valence-corrected chi connectivity index (χ0v) is 11.5. The van der Waals surface area contributed by atoms with E-state index in [9.17, 15) is 4.79 Å². The summed E-state index contributed by atoms with van der Waals surface area (Å²) in [5, 5.41) is 0. The quantitative estimate of drug-likeness (QED) is 0.939. The molecule has 1 heterocycles. The Morgan fingerprint density at radius 3 is 2.62 bits per heavy atom. The number of hydrogen-bond donors (Lipinski definition) is 1. The highest BCUT2D eigenvalue weighted by molar-refractivity contribution is 5.93. The summed E-state index contributed by atoms with van der Waals surface area (Å²) in [6.45, 7) is 0.377. The number of ether oxygens (including phenoxy) is 3. The van der Waals surface area contributed by atoms with E-state index in [4.69, 9.17) is 19.9 Å². The first-order chi connectivity index (χ1) is 10.2. The Morgan fingerprint density at radius 2 is 1.95 bits per heavy atom. The van der Waals surface area contributed by atoms with Crippen LogP contribution in [0.4, 0.5) is 0 Å². The maximum atomic E-state index is 11.1. The molecule has 2 aromatic rings. The van der Waals surface area contributed by atoms with E-state index in [2.05, 4.69) is 0 Å². The second kappa shape index (κ2) is 5.36. The average Bonchev–Trinajstić information content (AvgIpc) is 2.54. The van der Waals surface area contributed by atoms with E-state index in [1.54, 1.807) is 25.3 Å². The standard InChI is InChI=1S/C16H15NO4/c1-19-12-5-2-10(3-6-12)15-9-20-14-8-11(16(17)18)4-7-13(14)21-15/h2-8,15H,9H2,1H3,(H2,17,18). The van der Waals surface area contributed by atoms with Crippen molar-refractivity contribution < 1.29 is 19.0 Å². The number of primary amides is 1. The van der Waals surface area contributed by atoms with Gasteiger partial charge in [-0.05, 0) is 35.9 Å². The first-order valence-corrected chi connectivity index (χ1v) is 6.54. The van der Waals surface area contributed by atoms with Crippen molar-refractivity contribution in [3.05, 3.63) is 53.6 Å². The van der Waals surface area contributed by atoms with Gasteiger partial charge in [0, 0.05) is 5.56 Å². The molecular weight excluding hydrogens is 270 g/mol. The molecule has 0 aliphatic carbocycles. The van der Waals surface area contributed by atoms with E-state index >= 15 is 0 Å². The number of methoxy groups -OCH3 is 1. The van der Waals surface area contributed by atoms with Gasteiger partial charge in [0.1, 0.15) is 12.4 Å². The minimum atomic E-state index is -0.487. The maximum absolute atomic E-state index is 11.1. The van der Waals surface area contributed by atoms with Crippen molar-refractivity contribution in [2.45, 2.75) is 6.10 Å². The van der Waals surface area contributed by atoms with Crippen LogP contribution in [-0.4, -0.2) is 19.6 Å². The first kappa shape index (κ1) is 13.3. The second-order valence-corrected chi connectivity index (χ2v) is 4.72. The fourth-order valence-corrected chi connectivity index (χ4v) is 2.21. The molecule has 2 aromatic carbocycles. The van der Waals surface area contributed by atoms with Gasteiger partial charge in [-0.2, -0.15) is 0 Å². The molecule has 1 aliphatic heterocycles. The summed E-state index contributed by atoms with van der Waals surface area (Å²) >= 11 is 0. The summed E-state index contributed by atoms with van der Waals surface area (Å²) in [6.07, 6.45) is -0.192. The molecule has 1 amide bonds. The fraction of sp³-hybridized carbons (Fsp3) is 0.188. The van der Waals surface area contributed by atoms with Gasteiger partial charge in [-0.25, -0.2) is 0 Å². The summed E-state index contributed by atoms with van der Waals surface area (Å²) in [4.78, 5) is 11.1. The van der Waals surface area contributed by atoms with E-state index in [-0.39, 0.29) is 6.10 Å². The van der Waals surface area contributed by atoms with Crippen LogP contribution in [0.5, 0.6) is 17.2 Å². The molecule has 0 aromatic heterocycles. The van der Waals surface area contributed by atoms with Crippen LogP contribution in [0.25, 0.3) is 0 Å². The summed E-state index contributed by atoms with van der Waals surface area (Å²) in [6, 6.07) is 12.6. The van der Waals surface area contributed by atoms with Crippen LogP contribution in [0.2, 0.25) is 0 Å². The number of nitrogens with two attached hydrogens (primary N) is 1. The lowest BCUT2D eigenvalue weighted by Gasteiger charge is -2.27. The number of benzene rings is 2. The van der Waals surface area contributed by atoms with Gasteiger partial charge in [0.25, 0.3) is 0 Å². The molecule has 1 unspecified atom stereocenters. The number of carbonyl (C=O) groups excluding carboxylic acids is 1. The Bertz CT molecular complexity index is 666. The Balaban J connectivity index is 1.82. The molecule has 0 spiro atoms. The van der Waals surface area contributed by atoms with Gasteiger partial charge < -0.3 is 19.9 Å². The van der Waals surface area contributed by atoms with Crippen LogP contribution in [0, 0.1) is 0 Å². The zero-order chi connectivity index (χ0) is 14.8. The topological polar surface area (TPSA) is 70.8 Å². The van der Waals surface area contributed by atoms with E-state index < -0.39 is 5.91 Å². The lowest BCUT2D eigenvalue weighted by molar-refractivity contribution is 0.0905. The molecule has 5 nitrogen and oxygen atoms in total. The Morgan fingerprint density at radius 1 is 1.19 bits per heavy atom. The maximum Gasteiger partial charge on any atom is 0.248 e. The average molecular weight is 285 g/mol. The van der Waals surface area contributed by atoms with E-state index in [1.807, 2.05) is 24.3 Å². The Kier molecular flexibility index (Phi) is 3.39. The fourth-order valence-electron chi connectivity index (χ4n) is 2.21. The Labute approximate surface area is 122 Å². The first-order valence-electron chi connectivity index (χ1n) is 6.54. The van der Waals surface area contributed by atoms with Gasteiger partial charge in [0.2, 0.25) is 5.91 Å². The van der Waals surface area contributed by atoms with Crippen molar-refractivity contribution in [2.24, 2.45) is 5.73 Å². The molecule has 0 fully saturated rings.